The van der Waals surface area contributed by atoms with Crippen LogP contribution in [-0.4, -0.2) is 14.8 Å². The van der Waals surface area contributed by atoms with Crippen molar-refractivity contribution in [2.24, 2.45) is 7.05 Å². The number of thiazole rings is 1. The highest BCUT2D eigenvalue weighted by Crippen LogP contribution is 2.27. The molecule has 2 aromatic heterocycles. The van der Waals surface area contributed by atoms with E-state index in [1.54, 1.807) is 16.0 Å². The van der Waals surface area contributed by atoms with Gasteiger partial charge in [0, 0.05) is 24.2 Å². The lowest BCUT2D eigenvalue weighted by Crippen LogP contribution is -1.90. The minimum Gasteiger partial charge on any atom is -0.275 e. The van der Waals surface area contributed by atoms with E-state index in [1.807, 2.05) is 19.4 Å². The molecule has 1 unspecified atom stereocenters. The summed E-state index contributed by atoms with van der Waals surface area (Å²) >= 11 is 1.70. The predicted octanol–water partition coefficient (Wildman–Crippen LogP) is 3.06. The van der Waals surface area contributed by atoms with Crippen LogP contribution in [0.5, 0.6) is 0 Å². The van der Waals surface area contributed by atoms with Crippen LogP contribution in [0.1, 0.15) is 31.9 Å². The molecule has 80 valence electrons. The fraction of sp³-hybridized carbons (Fsp3) is 0.455. The standard InChI is InChI=1S/C11H15N3S/c1-4-8(2)10-7-15-11(13-10)9-5-12-14(3)6-9/h5-8H,4H2,1-3H3. The Balaban J connectivity index is 2.27. The van der Waals surface area contributed by atoms with Crippen LogP contribution >= 0.6 is 11.3 Å². The smallest absolute Gasteiger partial charge is 0.126 e. The number of hydrogen-bond acceptors (Lipinski definition) is 3. The molecule has 0 bridgehead atoms. The lowest BCUT2D eigenvalue weighted by Gasteiger charge is -2.01. The Morgan fingerprint density at radius 1 is 1.53 bits per heavy atom. The van der Waals surface area contributed by atoms with Crippen LogP contribution in [0.25, 0.3) is 10.6 Å². The maximum atomic E-state index is 4.63. The van der Waals surface area contributed by atoms with E-state index >= 15 is 0 Å². The van der Waals surface area contributed by atoms with Crippen molar-refractivity contribution < 1.29 is 0 Å². The summed E-state index contributed by atoms with van der Waals surface area (Å²) in [7, 11) is 1.92. The van der Waals surface area contributed by atoms with Gasteiger partial charge in [-0.2, -0.15) is 5.10 Å². The van der Waals surface area contributed by atoms with E-state index in [-0.39, 0.29) is 0 Å². The lowest BCUT2D eigenvalue weighted by atomic mass is 10.1. The van der Waals surface area contributed by atoms with E-state index in [0.717, 1.165) is 17.0 Å². The van der Waals surface area contributed by atoms with Crippen LogP contribution in [0.4, 0.5) is 0 Å². The van der Waals surface area contributed by atoms with Crippen LogP contribution in [0, 0.1) is 0 Å². The lowest BCUT2D eigenvalue weighted by molar-refractivity contribution is 0.714. The van der Waals surface area contributed by atoms with Crippen LogP contribution in [0.2, 0.25) is 0 Å². The Hall–Kier alpha value is -1.16. The van der Waals surface area contributed by atoms with E-state index in [9.17, 15) is 0 Å². The van der Waals surface area contributed by atoms with Gasteiger partial charge in [0.2, 0.25) is 0 Å². The summed E-state index contributed by atoms with van der Waals surface area (Å²) in [5.74, 6) is 0.548. The van der Waals surface area contributed by atoms with E-state index in [2.05, 4.69) is 29.3 Å². The first-order chi connectivity index (χ1) is 7.20. The summed E-state index contributed by atoms with van der Waals surface area (Å²) < 4.78 is 1.81. The Bertz CT molecular complexity index is 444. The van der Waals surface area contributed by atoms with Crippen LogP contribution in [0.3, 0.4) is 0 Å². The van der Waals surface area contributed by atoms with Gasteiger partial charge in [0.15, 0.2) is 0 Å². The van der Waals surface area contributed by atoms with Crippen molar-refractivity contribution in [1.82, 2.24) is 14.8 Å². The molecule has 0 aliphatic rings. The largest absolute Gasteiger partial charge is 0.275 e. The van der Waals surface area contributed by atoms with Gasteiger partial charge < -0.3 is 0 Å². The van der Waals surface area contributed by atoms with Gasteiger partial charge >= 0.3 is 0 Å². The number of nitrogens with zero attached hydrogens (tertiary/aromatic N) is 3. The summed E-state index contributed by atoms with van der Waals surface area (Å²) in [5, 5.41) is 7.37. The number of rotatable bonds is 3. The van der Waals surface area contributed by atoms with E-state index in [4.69, 9.17) is 0 Å². The van der Waals surface area contributed by atoms with E-state index in [1.165, 1.54) is 5.69 Å². The minimum absolute atomic E-state index is 0.548. The number of hydrogen-bond donors (Lipinski definition) is 0. The summed E-state index contributed by atoms with van der Waals surface area (Å²) in [4.78, 5) is 4.63. The molecule has 0 spiro atoms. The normalized spacial score (nSPS) is 13.0. The highest BCUT2D eigenvalue weighted by Gasteiger charge is 2.10. The third kappa shape index (κ3) is 2.09. The Morgan fingerprint density at radius 3 is 2.93 bits per heavy atom. The molecule has 4 heteroatoms. The molecule has 0 aliphatic carbocycles. The SMILES string of the molecule is CCC(C)c1csc(-c2cnn(C)c2)n1. The molecule has 0 saturated heterocycles. The zero-order chi connectivity index (χ0) is 10.8. The molecular weight excluding hydrogens is 206 g/mol. The second kappa shape index (κ2) is 4.14. The monoisotopic (exact) mass is 221 g/mol. The average Bonchev–Trinajstić information content (AvgIpc) is 2.84. The number of aryl methyl sites for hydroxylation is 1. The van der Waals surface area contributed by atoms with Gasteiger partial charge in [-0.05, 0) is 12.3 Å². The first kappa shape index (κ1) is 10.4. The van der Waals surface area contributed by atoms with Crippen LogP contribution in [0.15, 0.2) is 17.8 Å². The van der Waals surface area contributed by atoms with Crippen LogP contribution in [-0.2, 0) is 7.05 Å². The second-order valence-corrected chi connectivity index (χ2v) is 4.65. The second-order valence-electron chi connectivity index (χ2n) is 3.79. The van der Waals surface area contributed by atoms with Crippen molar-refractivity contribution in [2.75, 3.05) is 0 Å². The highest BCUT2D eigenvalue weighted by atomic mass is 32.1. The molecule has 0 radical (unpaired) electrons. The molecule has 1 atom stereocenters. The van der Waals surface area contributed by atoms with Crippen LogP contribution < -0.4 is 0 Å². The first-order valence-corrected chi connectivity index (χ1v) is 6.03. The molecule has 0 saturated carbocycles. The third-order valence-electron chi connectivity index (χ3n) is 2.59. The van der Waals surface area contributed by atoms with Gasteiger partial charge in [-0.3, -0.25) is 4.68 Å². The Kier molecular flexibility index (Phi) is 2.86. The van der Waals surface area contributed by atoms with Crippen molar-refractivity contribution in [3.8, 4) is 10.6 Å². The Labute approximate surface area is 93.8 Å². The van der Waals surface area contributed by atoms with Crippen molar-refractivity contribution >= 4 is 11.3 Å². The molecule has 0 amide bonds. The van der Waals surface area contributed by atoms with Gasteiger partial charge in [0.1, 0.15) is 5.01 Å². The molecule has 0 N–H and O–H groups in total. The fourth-order valence-electron chi connectivity index (χ4n) is 1.39. The maximum Gasteiger partial charge on any atom is 0.126 e. The highest BCUT2D eigenvalue weighted by molar-refractivity contribution is 7.13. The minimum atomic E-state index is 0.548. The van der Waals surface area contributed by atoms with Gasteiger partial charge in [0.05, 0.1) is 11.9 Å². The third-order valence-corrected chi connectivity index (χ3v) is 3.50. The van der Waals surface area contributed by atoms with Crippen molar-refractivity contribution in [2.45, 2.75) is 26.2 Å². The zero-order valence-electron chi connectivity index (χ0n) is 9.27. The molecule has 2 heterocycles. The molecule has 2 aromatic rings. The quantitative estimate of drug-likeness (QED) is 0.797. The van der Waals surface area contributed by atoms with Crippen molar-refractivity contribution in [3.05, 3.63) is 23.5 Å². The van der Waals surface area contributed by atoms with Gasteiger partial charge in [-0.1, -0.05) is 13.8 Å². The maximum absolute atomic E-state index is 4.63. The molecule has 3 nitrogen and oxygen atoms in total. The van der Waals surface area contributed by atoms with Gasteiger partial charge in [-0.25, -0.2) is 4.98 Å². The molecule has 15 heavy (non-hydrogen) atoms. The topological polar surface area (TPSA) is 30.7 Å². The molecule has 0 aliphatic heterocycles. The molecular formula is C11H15N3S. The number of aromatic nitrogens is 3. The first-order valence-electron chi connectivity index (χ1n) is 5.15. The molecule has 0 fully saturated rings. The summed E-state index contributed by atoms with van der Waals surface area (Å²) in [6.45, 7) is 4.40. The summed E-state index contributed by atoms with van der Waals surface area (Å²) in [5.41, 5.74) is 2.30. The van der Waals surface area contributed by atoms with E-state index in [0.29, 0.717) is 5.92 Å². The van der Waals surface area contributed by atoms with Crippen molar-refractivity contribution in [1.29, 1.82) is 0 Å². The Morgan fingerprint density at radius 2 is 2.33 bits per heavy atom. The van der Waals surface area contributed by atoms with Crippen molar-refractivity contribution in [3.63, 3.8) is 0 Å². The zero-order valence-corrected chi connectivity index (χ0v) is 10.1. The summed E-state index contributed by atoms with van der Waals surface area (Å²) in [6.07, 6.45) is 4.99. The average molecular weight is 221 g/mol. The predicted molar refractivity (Wildman–Crippen MR) is 63.0 cm³/mol. The summed E-state index contributed by atoms with van der Waals surface area (Å²) in [6, 6.07) is 0. The van der Waals surface area contributed by atoms with Gasteiger partial charge in [0.25, 0.3) is 0 Å². The van der Waals surface area contributed by atoms with Gasteiger partial charge in [-0.15, -0.1) is 11.3 Å². The molecule has 0 aromatic carbocycles. The fourth-order valence-corrected chi connectivity index (χ4v) is 2.30. The molecule has 2 rings (SSSR count). The van der Waals surface area contributed by atoms with E-state index < -0.39 is 0 Å².